The van der Waals surface area contributed by atoms with Crippen LogP contribution in [0.4, 0.5) is 0 Å². The number of nitrogens with zero attached hydrogens (tertiary/aromatic N) is 5. The average Bonchev–Trinajstić information content (AvgIpc) is 3.50. The van der Waals surface area contributed by atoms with E-state index < -0.39 is 5.56 Å². The maximum absolute atomic E-state index is 13.4. The van der Waals surface area contributed by atoms with Crippen molar-refractivity contribution in [1.29, 1.82) is 0 Å². The zero-order chi connectivity index (χ0) is 26.9. The predicted octanol–water partition coefficient (Wildman–Crippen LogP) is 4.29. The van der Waals surface area contributed by atoms with Gasteiger partial charge in [-0.25, -0.2) is 4.68 Å². The Kier molecular flexibility index (Phi) is 6.34. The maximum Gasteiger partial charge on any atom is 0.300 e. The zero-order valence-electron chi connectivity index (χ0n) is 21.2. The molecule has 0 amide bonds. The van der Waals surface area contributed by atoms with E-state index in [4.69, 9.17) is 9.84 Å². The summed E-state index contributed by atoms with van der Waals surface area (Å²) in [6, 6.07) is 24.7. The molecule has 0 aliphatic heterocycles. The van der Waals surface area contributed by atoms with Crippen LogP contribution in [0.25, 0.3) is 39.2 Å². The van der Waals surface area contributed by atoms with Gasteiger partial charge in [-0.1, -0.05) is 59.9 Å². The van der Waals surface area contributed by atoms with Gasteiger partial charge < -0.3 is 4.74 Å². The molecule has 9 heteroatoms. The first-order valence-electron chi connectivity index (χ1n) is 12.4. The van der Waals surface area contributed by atoms with E-state index in [1.54, 1.807) is 22.9 Å². The molecule has 0 atom stereocenters. The standard InChI is InChI=1S/C30H23N5O3S/c1-3-38-23-14-15-24(19(2)16-23)26-21(18-34(32-26)22-12-8-5-9-13-22)17-25-29(37)35-30(39-25)31-28(36)27(33-35)20-10-6-4-7-11-20/h4-18H,3H2,1-2H3/b25-17-. The molecule has 3 aromatic heterocycles. The van der Waals surface area contributed by atoms with Crippen molar-refractivity contribution < 1.29 is 4.74 Å². The van der Waals surface area contributed by atoms with E-state index in [1.807, 2.05) is 86.8 Å². The summed E-state index contributed by atoms with van der Waals surface area (Å²) in [6.07, 6.45) is 3.68. The minimum absolute atomic E-state index is 0.136. The molecule has 0 aliphatic rings. The molecule has 0 N–H and O–H groups in total. The highest BCUT2D eigenvalue weighted by molar-refractivity contribution is 7.15. The van der Waals surface area contributed by atoms with E-state index in [-0.39, 0.29) is 16.2 Å². The monoisotopic (exact) mass is 533 g/mol. The minimum atomic E-state index is -0.475. The average molecular weight is 534 g/mol. The van der Waals surface area contributed by atoms with Gasteiger partial charge in [-0.2, -0.15) is 19.7 Å². The normalized spacial score (nSPS) is 11.8. The largest absolute Gasteiger partial charge is 0.494 e. The summed E-state index contributed by atoms with van der Waals surface area (Å²) in [5, 5.41) is 9.26. The van der Waals surface area contributed by atoms with Crippen LogP contribution < -0.4 is 20.4 Å². The lowest BCUT2D eigenvalue weighted by atomic mass is 10.0. The fourth-order valence-corrected chi connectivity index (χ4v) is 5.30. The first kappa shape index (κ1) is 24.4. The number of rotatable bonds is 6. The molecule has 0 saturated carbocycles. The molecule has 0 radical (unpaired) electrons. The summed E-state index contributed by atoms with van der Waals surface area (Å²) in [4.78, 5) is 30.5. The van der Waals surface area contributed by atoms with E-state index in [2.05, 4.69) is 10.1 Å². The van der Waals surface area contributed by atoms with Gasteiger partial charge in [0.15, 0.2) is 5.69 Å². The first-order chi connectivity index (χ1) is 19.0. The summed E-state index contributed by atoms with van der Waals surface area (Å²) in [5.41, 5.74) is 4.20. The Balaban J connectivity index is 1.54. The van der Waals surface area contributed by atoms with Gasteiger partial charge in [0.2, 0.25) is 4.96 Å². The van der Waals surface area contributed by atoms with Gasteiger partial charge in [-0.05, 0) is 55.8 Å². The van der Waals surface area contributed by atoms with Crippen LogP contribution in [0, 0.1) is 6.92 Å². The van der Waals surface area contributed by atoms with Gasteiger partial charge in [0.05, 0.1) is 16.8 Å². The number of aryl methyl sites for hydroxylation is 1. The van der Waals surface area contributed by atoms with Gasteiger partial charge >= 0.3 is 5.56 Å². The van der Waals surface area contributed by atoms with Gasteiger partial charge in [0.1, 0.15) is 11.4 Å². The molecule has 0 unspecified atom stereocenters. The Bertz CT molecular complexity index is 1980. The van der Waals surface area contributed by atoms with Crippen molar-refractivity contribution in [2.45, 2.75) is 13.8 Å². The number of thiazole rings is 1. The summed E-state index contributed by atoms with van der Waals surface area (Å²) in [6.45, 7) is 4.53. The Morgan fingerprint density at radius 3 is 2.38 bits per heavy atom. The van der Waals surface area contributed by atoms with Crippen molar-refractivity contribution in [2.75, 3.05) is 6.61 Å². The van der Waals surface area contributed by atoms with Crippen LogP contribution in [0.2, 0.25) is 0 Å². The molecule has 3 heterocycles. The van der Waals surface area contributed by atoms with Crippen molar-refractivity contribution in [2.24, 2.45) is 0 Å². The Morgan fingerprint density at radius 1 is 0.923 bits per heavy atom. The Labute approximate surface area is 227 Å². The summed E-state index contributed by atoms with van der Waals surface area (Å²) in [5.74, 6) is 0.786. The lowest BCUT2D eigenvalue weighted by Crippen LogP contribution is -2.26. The third-order valence-electron chi connectivity index (χ3n) is 6.25. The van der Waals surface area contributed by atoms with Gasteiger partial charge in [-0.15, -0.1) is 0 Å². The molecule has 0 bridgehead atoms. The third kappa shape index (κ3) is 4.64. The fourth-order valence-electron chi connectivity index (χ4n) is 4.40. The fraction of sp³-hybridized carbons (Fsp3) is 0.100. The van der Waals surface area contributed by atoms with Crippen molar-refractivity contribution in [1.82, 2.24) is 24.4 Å². The van der Waals surface area contributed by atoms with Crippen molar-refractivity contribution in [3.63, 3.8) is 0 Å². The number of para-hydroxylation sites is 1. The van der Waals surface area contributed by atoms with E-state index >= 15 is 0 Å². The molecule has 192 valence electrons. The summed E-state index contributed by atoms with van der Waals surface area (Å²) < 4.78 is 9.05. The van der Waals surface area contributed by atoms with Crippen LogP contribution in [-0.4, -0.2) is 31.0 Å². The highest BCUT2D eigenvalue weighted by Crippen LogP contribution is 2.30. The number of hydrogen-bond donors (Lipinski definition) is 0. The Hall–Kier alpha value is -4.89. The van der Waals surface area contributed by atoms with E-state index in [0.29, 0.717) is 16.7 Å². The minimum Gasteiger partial charge on any atom is -0.494 e. The molecular formula is C30H23N5O3S. The number of aromatic nitrogens is 5. The molecule has 3 aromatic carbocycles. The molecule has 6 aromatic rings. The highest BCUT2D eigenvalue weighted by atomic mass is 32.1. The molecule has 0 aliphatic carbocycles. The van der Waals surface area contributed by atoms with Crippen LogP contribution in [0.15, 0.2) is 94.6 Å². The second-order valence-corrected chi connectivity index (χ2v) is 9.87. The van der Waals surface area contributed by atoms with Gasteiger partial charge in [0.25, 0.3) is 5.56 Å². The van der Waals surface area contributed by atoms with Gasteiger partial charge in [-0.3, -0.25) is 9.59 Å². The maximum atomic E-state index is 13.4. The highest BCUT2D eigenvalue weighted by Gasteiger charge is 2.16. The quantitative estimate of drug-likeness (QED) is 0.317. The van der Waals surface area contributed by atoms with E-state index in [9.17, 15) is 9.59 Å². The SMILES string of the molecule is CCOc1ccc(-c2nn(-c3ccccc3)cc2/C=c2\sc3nc(=O)c(-c4ccccc4)nn3c2=O)c(C)c1. The second kappa shape index (κ2) is 10.1. The van der Waals surface area contributed by atoms with Crippen LogP contribution in [-0.2, 0) is 0 Å². The number of hydrogen-bond acceptors (Lipinski definition) is 7. The van der Waals surface area contributed by atoms with E-state index in [0.717, 1.165) is 45.2 Å². The zero-order valence-corrected chi connectivity index (χ0v) is 22.1. The second-order valence-electron chi connectivity index (χ2n) is 8.86. The smallest absolute Gasteiger partial charge is 0.300 e. The molecule has 8 nitrogen and oxygen atoms in total. The molecule has 39 heavy (non-hydrogen) atoms. The molecule has 0 saturated heterocycles. The lowest BCUT2D eigenvalue weighted by molar-refractivity contribution is 0.340. The van der Waals surface area contributed by atoms with Crippen LogP contribution in [0.1, 0.15) is 18.1 Å². The third-order valence-corrected chi connectivity index (χ3v) is 7.21. The van der Waals surface area contributed by atoms with Crippen molar-refractivity contribution >= 4 is 22.4 Å². The number of benzene rings is 3. The van der Waals surface area contributed by atoms with Crippen molar-refractivity contribution in [3.8, 4) is 34.0 Å². The molecular weight excluding hydrogens is 510 g/mol. The van der Waals surface area contributed by atoms with Gasteiger partial charge in [0, 0.05) is 22.9 Å². The van der Waals surface area contributed by atoms with Crippen LogP contribution in [0.3, 0.4) is 0 Å². The van der Waals surface area contributed by atoms with Crippen LogP contribution in [0.5, 0.6) is 5.75 Å². The summed E-state index contributed by atoms with van der Waals surface area (Å²) >= 11 is 1.12. The lowest BCUT2D eigenvalue weighted by Gasteiger charge is -2.08. The first-order valence-corrected chi connectivity index (χ1v) is 13.2. The topological polar surface area (TPSA) is 91.4 Å². The summed E-state index contributed by atoms with van der Waals surface area (Å²) in [7, 11) is 0. The van der Waals surface area contributed by atoms with Crippen LogP contribution >= 0.6 is 11.3 Å². The number of fused-ring (bicyclic) bond motifs is 1. The van der Waals surface area contributed by atoms with Crippen molar-refractivity contribution in [3.05, 3.63) is 121 Å². The molecule has 0 spiro atoms. The predicted molar refractivity (Wildman–Crippen MR) is 153 cm³/mol. The Morgan fingerprint density at radius 2 is 1.67 bits per heavy atom. The molecule has 0 fully saturated rings. The van der Waals surface area contributed by atoms with E-state index in [1.165, 1.54) is 4.52 Å². The molecule has 6 rings (SSSR count). The number of ether oxygens (including phenoxy) is 1.